The maximum atomic E-state index is 13.4. The summed E-state index contributed by atoms with van der Waals surface area (Å²) in [6.07, 6.45) is -2.42. The smallest absolute Gasteiger partial charge is 0.330 e. The van der Waals surface area contributed by atoms with Crippen molar-refractivity contribution in [2.45, 2.75) is 25.4 Å². The summed E-state index contributed by atoms with van der Waals surface area (Å²) in [5.41, 5.74) is 4.68. The largest absolute Gasteiger partial charge is 0.416 e. The topological polar surface area (TPSA) is 26.0 Å². The van der Waals surface area contributed by atoms with E-state index in [-0.39, 0.29) is 11.0 Å². The van der Waals surface area contributed by atoms with Crippen molar-refractivity contribution in [1.82, 2.24) is 0 Å². The van der Waals surface area contributed by atoms with E-state index in [0.717, 1.165) is 31.0 Å². The van der Waals surface area contributed by atoms with Gasteiger partial charge in [0.15, 0.2) is 0 Å². The molecule has 1 aromatic carbocycles. The SMILES string of the molecule is NCC1(Cc2cc(C(F)(F)F)ccc2F)CC1. The molecule has 0 bridgehead atoms. The van der Waals surface area contributed by atoms with Crippen LogP contribution in [0, 0.1) is 11.2 Å². The van der Waals surface area contributed by atoms with Gasteiger partial charge in [-0.05, 0) is 55.0 Å². The summed E-state index contributed by atoms with van der Waals surface area (Å²) in [5.74, 6) is -0.585. The molecule has 17 heavy (non-hydrogen) atoms. The van der Waals surface area contributed by atoms with Gasteiger partial charge in [0, 0.05) is 0 Å². The lowest BCUT2D eigenvalue weighted by molar-refractivity contribution is -0.137. The zero-order valence-corrected chi connectivity index (χ0v) is 9.15. The van der Waals surface area contributed by atoms with Crippen LogP contribution in [0.5, 0.6) is 0 Å². The molecule has 5 heteroatoms. The summed E-state index contributed by atoms with van der Waals surface area (Å²) in [6, 6.07) is 2.54. The van der Waals surface area contributed by atoms with E-state index in [1.165, 1.54) is 0 Å². The van der Waals surface area contributed by atoms with Crippen LogP contribution in [0.4, 0.5) is 17.6 Å². The molecule has 0 amide bonds. The van der Waals surface area contributed by atoms with Gasteiger partial charge in [0.2, 0.25) is 0 Å². The molecule has 0 heterocycles. The Morgan fingerprint density at radius 3 is 2.35 bits per heavy atom. The van der Waals surface area contributed by atoms with Crippen LogP contribution in [0.3, 0.4) is 0 Å². The summed E-state index contributed by atoms with van der Waals surface area (Å²) in [4.78, 5) is 0. The zero-order valence-electron chi connectivity index (χ0n) is 9.15. The molecule has 1 aliphatic rings. The molecule has 1 aromatic rings. The second kappa shape index (κ2) is 3.98. The number of hydrogen-bond acceptors (Lipinski definition) is 1. The molecule has 0 aliphatic heterocycles. The molecule has 2 rings (SSSR count). The molecule has 0 unspecified atom stereocenters. The fraction of sp³-hybridized carbons (Fsp3) is 0.500. The highest BCUT2D eigenvalue weighted by Crippen LogP contribution is 2.47. The molecular weight excluding hydrogens is 234 g/mol. The minimum atomic E-state index is -4.43. The molecule has 1 aliphatic carbocycles. The molecule has 94 valence electrons. The van der Waals surface area contributed by atoms with Gasteiger partial charge in [0.05, 0.1) is 5.56 Å². The van der Waals surface area contributed by atoms with Gasteiger partial charge >= 0.3 is 6.18 Å². The minimum absolute atomic E-state index is 0.114. The van der Waals surface area contributed by atoms with E-state index in [0.29, 0.717) is 13.0 Å². The Morgan fingerprint density at radius 2 is 1.88 bits per heavy atom. The predicted octanol–water partition coefficient (Wildman–Crippen LogP) is 3.13. The van der Waals surface area contributed by atoms with E-state index in [2.05, 4.69) is 0 Å². The highest BCUT2D eigenvalue weighted by atomic mass is 19.4. The summed E-state index contributed by atoms with van der Waals surface area (Å²) in [7, 11) is 0. The highest BCUT2D eigenvalue weighted by molar-refractivity contribution is 5.29. The van der Waals surface area contributed by atoms with Crippen LogP contribution in [-0.2, 0) is 12.6 Å². The van der Waals surface area contributed by atoms with Gasteiger partial charge in [0.1, 0.15) is 5.82 Å². The van der Waals surface area contributed by atoms with Gasteiger partial charge in [-0.2, -0.15) is 13.2 Å². The predicted molar refractivity (Wildman–Crippen MR) is 55.8 cm³/mol. The van der Waals surface area contributed by atoms with Gasteiger partial charge in [-0.3, -0.25) is 0 Å². The quantitative estimate of drug-likeness (QED) is 0.816. The van der Waals surface area contributed by atoms with Crippen molar-refractivity contribution in [3.8, 4) is 0 Å². The fourth-order valence-electron chi connectivity index (χ4n) is 1.92. The first kappa shape index (κ1) is 12.4. The Labute approximate surface area is 96.6 Å². The minimum Gasteiger partial charge on any atom is -0.330 e. The average molecular weight is 247 g/mol. The molecule has 0 radical (unpaired) electrons. The number of rotatable bonds is 3. The number of alkyl halides is 3. The summed E-state index contributed by atoms with van der Waals surface area (Å²) in [5, 5.41) is 0. The van der Waals surface area contributed by atoms with Gasteiger partial charge in [-0.15, -0.1) is 0 Å². The lowest BCUT2D eigenvalue weighted by atomic mass is 9.95. The second-order valence-electron chi connectivity index (χ2n) is 4.68. The number of halogens is 4. The van der Waals surface area contributed by atoms with Gasteiger partial charge < -0.3 is 5.73 Å². The molecule has 1 fully saturated rings. The van der Waals surface area contributed by atoms with E-state index in [1.807, 2.05) is 0 Å². The molecule has 0 aromatic heterocycles. The third-order valence-corrected chi connectivity index (χ3v) is 3.33. The van der Waals surface area contributed by atoms with E-state index < -0.39 is 17.6 Å². The van der Waals surface area contributed by atoms with Gasteiger partial charge in [-0.1, -0.05) is 0 Å². The first-order valence-corrected chi connectivity index (χ1v) is 5.42. The van der Waals surface area contributed by atoms with Crippen LogP contribution in [0.1, 0.15) is 24.0 Å². The second-order valence-corrected chi connectivity index (χ2v) is 4.68. The number of benzene rings is 1. The fourth-order valence-corrected chi connectivity index (χ4v) is 1.92. The van der Waals surface area contributed by atoms with Gasteiger partial charge in [-0.25, -0.2) is 4.39 Å². The standard InChI is InChI=1S/C12H13F4N/c13-10-2-1-9(12(14,15)16)5-8(10)6-11(7-17)3-4-11/h1-2,5H,3-4,6-7,17H2. The summed E-state index contributed by atoms with van der Waals surface area (Å²) in [6.45, 7) is 0.392. The van der Waals surface area contributed by atoms with Crippen LogP contribution in [0.15, 0.2) is 18.2 Å². The third kappa shape index (κ3) is 2.60. The maximum absolute atomic E-state index is 13.4. The molecular formula is C12H13F4N. The van der Waals surface area contributed by atoms with Crippen LogP contribution < -0.4 is 5.73 Å². The summed E-state index contributed by atoms with van der Waals surface area (Å²) >= 11 is 0. The normalized spacial score (nSPS) is 18.2. The van der Waals surface area contributed by atoms with E-state index in [1.54, 1.807) is 0 Å². The monoisotopic (exact) mass is 247 g/mol. The van der Waals surface area contributed by atoms with Crippen molar-refractivity contribution in [2.75, 3.05) is 6.54 Å². The first-order valence-electron chi connectivity index (χ1n) is 5.42. The van der Waals surface area contributed by atoms with Crippen LogP contribution in [0.25, 0.3) is 0 Å². The molecule has 2 N–H and O–H groups in total. The van der Waals surface area contributed by atoms with Gasteiger partial charge in [0.25, 0.3) is 0 Å². The van der Waals surface area contributed by atoms with Crippen molar-refractivity contribution in [1.29, 1.82) is 0 Å². The lowest BCUT2D eigenvalue weighted by Crippen LogP contribution is -2.19. The van der Waals surface area contributed by atoms with Crippen LogP contribution in [-0.4, -0.2) is 6.54 Å². The first-order chi connectivity index (χ1) is 7.86. The number of nitrogens with two attached hydrogens (primary N) is 1. The summed E-state index contributed by atoms with van der Waals surface area (Å²) < 4.78 is 50.9. The Bertz CT molecular complexity index is 421. The van der Waals surface area contributed by atoms with E-state index in [4.69, 9.17) is 5.73 Å². The van der Waals surface area contributed by atoms with Crippen molar-refractivity contribution < 1.29 is 17.6 Å². The Morgan fingerprint density at radius 1 is 1.24 bits per heavy atom. The average Bonchev–Trinajstić information content (AvgIpc) is 3.00. The lowest BCUT2D eigenvalue weighted by Gasteiger charge is -2.14. The third-order valence-electron chi connectivity index (χ3n) is 3.33. The van der Waals surface area contributed by atoms with E-state index in [9.17, 15) is 17.6 Å². The molecule has 0 saturated heterocycles. The maximum Gasteiger partial charge on any atom is 0.416 e. The van der Waals surface area contributed by atoms with Crippen molar-refractivity contribution >= 4 is 0 Å². The van der Waals surface area contributed by atoms with E-state index >= 15 is 0 Å². The zero-order chi connectivity index (χ0) is 12.7. The Balaban J connectivity index is 2.27. The molecule has 0 atom stereocenters. The van der Waals surface area contributed by atoms with Crippen LogP contribution in [0.2, 0.25) is 0 Å². The Hall–Kier alpha value is -1.10. The molecule has 1 nitrogen and oxygen atoms in total. The van der Waals surface area contributed by atoms with Crippen molar-refractivity contribution in [3.63, 3.8) is 0 Å². The van der Waals surface area contributed by atoms with Crippen molar-refractivity contribution in [2.24, 2.45) is 11.1 Å². The number of hydrogen-bond donors (Lipinski definition) is 1. The molecule has 0 spiro atoms. The highest BCUT2D eigenvalue weighted by Gasteiger charge is 2.42. The molecule has 1 saturated carbocycles. The van der Waals surface area contributed by atoms with Crippen molar-refractivity contribution in [3.05, 3.63) is 35.1 Å². The van der Waals surface area contributed by atoms with Crippen LogP contribution >= 0.6 is 0 Å². The Kier molecular flexibility index (Phi) is 2.89.